The summed E-state index contributed by atoms with van der Waals surface area (Å²) in [5.74, 6) is -1.04. The maximum absolute atomic E-state index is 12.3. The molecule has 5 heteroatoms. The zero-order chi connectivity index (χ0) is 9.19. The van der Waals surface area contributed by atoms with Crippen molar-refractivity contribution >= 4 is 34.8 Å². The zero-order valence-electron chi connectivity index (χ0n) is 6.13. The van der Waals surface area contributed by atoms with Crippen LogP contribution < -0.4 is 0 Å². The van der Waals surface area contributed by atoms with Crippen LogP contribution in [0.15, 0.2) is 16.6 Å². The quantitative estimate of drug-likeness (QED) is 0.612. The summed E-state index contributed by atoms with van der Waals surface area (Å²) in [6.07, 6.45) is 2.86. The van der Waals surface area contributed by atoms with Gasteiger partial charge in [0.25, 0.3) is 0 Å². The summed E-state index contributed by atoms with van der Waals surface area (Å²) in [6, 6.07) is 0. The summed E-state index contributed by atoms with van der Waals surface area (Å²) in [5.41, 5.74) is 0.269. The van der Waals surface area contributed by atoms with Crippen molar-refractivity contribution in [1.82, 2.24) is 0 Å². The van der Waals surface area contributed by atoms with E-state index in [-0.39, 0.29) is 12.1 Å². The number of carboxylic acids is 1. The highest BCUT2D eigenvalue weighted by Crippen LogP contribution is 2.31. The monoisotopic (exact) mass is 283 g/mol. The number of halogens is 2. The number of hydrogen-bond donors (Lipinski definition) is 1. The van der Waals surface area contributed by atoms with Crippen LogP contribution in [0.3, 0.4) is 0 Å². The molecule has 1 N–H and O–H groups in total. The molecule has 12 heavy (non-hydrogen) atoms. The van der Waals surface area contributed by atoms with Crippen LogP contribution in [0.25, 0.3) is 0 Å². The van der Waals surface area contributed by atoms with Gasteiger partial charge in [0.1, 0.15) is 6.67 Å². The number of rotatable bonds is 2. The van der Waals surface area contributed by atoms with Gasteiger partial charge in [0, 0.05) is 6.21 Å². The largest absolute Gasteiger partial charge is 0.480 e. The van der Waals surface area contributed by atoms with E-state index in [2.05, 4.69) is 4.99 Å². The molecule has 1 rings (SSSR count). The normalized spacial score (nSPS) is 28.3. The van der Waals surface area contributed by atoms with E-state index < -0.39 is 16.1 Å². The molecule has 0 aromatic rings. The third-order valence-electron chi connectivity index (χ3n) is 1.68. The highest BCUT2D eigenvalue weighted by Gasteiger charge is 2.40. The fourth-order valence-electron chi connectivity index (χ4n) is 0.910. The molecule has 1 atom stereocenters. The lowest BCUT2D eigenvalue weighted by atomic mass is 9.98. The Morgan fingerprint density at radius 3 is 3.00 bits per heavy atom. The molecular formula is C7H7FINO2. The van der Waals surface area contributed by atoms with Crippen LogP contribution in [-0.2, 0) is 4.79 Å². The number of dihydropyridines is 1. The molecule has 0 aromatic heterocycles. The van der Waals surface area contributed by atoms with Crippen molar-refractivity contribution in [1.29, 1.82) is 0 Å². The van der Waals surface area contributed by atoms with E-state index in [0.717, 1.165) is 0 Å². The molecule has 0 aliphatic carbocycles. The Labute approximate surface area is 82.5 Å². The highest BCUT2D eigenvalue weighted by atomic mass is 127. The van der Waals surface area contributed by atoms with Gasteiger partial charge in [0.05, 0.1) is 6.54 Å². The Bertz CT molecular complexity index is 264. The number of nitrogens with zero attached hydrogens (tertiary/aromatic N) is 1. The molecule has 1 unspecified atom stereocenters. The Balaban J connectivity index is 2.99. The maximum atomic E-state index is 12.3. The fraction of sp³-hybridized carbons (Fsp3) is 0.429. The molecular weight excluding hydrogens is 276 g/mol. The van der Waals surface area contributed by atoms with E-state index >= 15 is 0 Å². The number of aliphatic imine (C=N–C) groups is 1. The molecule has 0 aromatic carbocycles. The average molecular weight is 283 g/mol. The van der Waals surface area contributed by atoms with Crippen molar-refractivity contribution in [3.05, 3.63) is 11.6 Å². The van der Waals surface area contributed by atoms with Crippen LogP contribution in [0, 0.1) is 0 Å². The second kappa shape index (κ2) is 3.51. The van der Waals surface area contributed by atoms with Crippen molar-refractivity contribution in [2.45, 2.75) is 3.42 Å². The maximum Gasteiger partial charge on any atom is 0.325 e. The Hall–Kier alpha value is -0.460. The van der Waals surface area contributed by atoms with E-state index in [9.17, 15) is 9.18 Å². The lowest BCUT2D eigenvalue weighted by molar-refractivity contribution is -0.138. The molecule has 0 fully saturated rings. The molecule has 3 nitrogen and oxygen atoms in total. The summed E-state index contributed by atoms with van der Waals surface area (Å²) in [6.45, 7) is -0.625. The molecule has 1 aliphatic heterocycles. The van der Waals surface area contributed by atoms with Gasteiger partial charge in [-0.25, -0.2) is 4.39 Å². The van der Waals surface area contributed by atoms with Gasteiger partial charge in [-0.2, -0.15) is 0 Å². The summed E-state index contributed by atoms with van der Waals surface area (Å²) in [4.78, 5) is 14.5. The summed E-state index contributed by atoms with van der Waals surface area (Å²) < 4.78 is 11.2. The topological polar surface area (TPSA) is 49.7 Å². The number of alkyl halides is 2. The number of aliphatic carboxylic acids is 1. The van der Waals surface area contributed by atoms with Gasteiger partial charge in [-0.1, -0.05) is 22.6 Å². The van der Waals surface area contributed by atoms with Crippen LogP contribution >= 0.6 is 22.6 Å². The third kappa shape index (κ3) is 1.50. The van der Waals surface area contributed by atoms with Crippen molar-refractivity contribution in [3.8, 4) is 0 Å². The number of allylic oxidation sites excluding steroid dienone is 1. The molecule has 66 valence electrons. The molecule has 0 saturated carbocycles. The van der Waals surface area contributed by atoms with Gasteiger partial charge in [0.2, 0.25) is 0 Å². The van der Waals surface area contributed by atoms with E-state index in [1.807, 2.05) is 0 Å². The van der Waals surface area contributed by atoms with Crippen LogP contribution in [-0.4, -0.2) is 33.9 Å². The second-order valence-electron chi connectivity index (χ2n) is 2.42. The Kier molecular flexibility index (Phi) is 2.81. The molecule has 0 spiro atoms. The molecule has 0 bridgehead atoms. The fourth-order valence-corrected chi connectivity index (χ4v) is 1.43. The molecule has 1 heterocycles. The van der Waals surface area contributed by atoms with Gasteiger partial charge >= 0.3 is 5.97 Å². The number of carboxylic acid groups (broad SMARTS) is 1. The standard InChI is InChI=1S/C7H7FINO2/c8-3-5-1-2-10-4-7(5,9)6(11)12/h1-2H,3-4H2,(H,11,12). The van der Waals surface area contributed by atoms with Crippen molar-refractivity contribution < 1.29 is 14.3 Å². The van der Waals surface area contributed by atoms with Crippen molar-refractivity contribution in [2.24, 2.45) is 4.99 Å². The summed E-state index contributed by atoms with van der Waals surface area (Å²) >= 11 is 1.72. The Morgan fingerprint density at radius 2 is 2.58 bits per heavy atom. The smallest absolute Gasteiger partial charge is 0.325 e. The summed E-state index contributed by atoms with van der Waals surface area (Å²) in [5, 5.41) is 8.81. The predicted molar refractivity (Wildman–Crippen MR) is 51.8 cm³/mol. The van der Waals surface area contributed by atoms with Gasteiger partial charge < -0.3 is 5.11 Å². The molecule has 0 radical (unpaired) electrons. The SMILES string of the molecule is O=C(O)C1(I)CN=CC=C1CF. The number of carbonyl (C=O) groups is 1. The van der Waals surface area contributed by atoms with Crippen LogP contribution in [0.5, 0.6) is 0 Å². The first kappa shape index (κ1) is 9.63. The lowest BCUT2D eigenvalue weighted by Crippen LogP contribution is -2.39. The lowest BCUT2D eigenvalue weighted by Gasteiger charge is -2.24. The Morgan fingerprint density at radius 1 is 1.92 bits per heavy atom. The van der Waals surface area contributed by atoms with E-state index in [1.165, 1.54) is 12.3 Å². The van der Waals surface area contributed by atoms with Crippen LogP contribution in [0.1, 0.15) is 0 Å². The first-order valence-corrected chi connectivity index (χ1v) is 4.37. The van der Waals surface area contributed by atoms with E-state index in [0.29, 0.717) is 0 Å². The summed E-state index contributed by atoms with van der Waals surface area (Å²) in [7, 11) is 0. The predicted octanol–water partition coefficient (Wildman–Crippen LogP) is 1.23. The van der Waals surface area contributed by atoms with Crippen molar-refractivity contribution in [2.75, 3.05) is 13.2 Å². The first-order valence-electron chi connectivity index (χ1n) is 3.29. The minimum absolute atomic E-state index is 0.110. The average Bonchev–Trinajstić information content (AvgIpc) is 2.05. The van der Waals surface area contributed by atoms with Gasteiger partial charge in [-0.15, -0.1) is 0 Å². The van der Waals surface area contributed by atoms with E-state index in [1.54, 1.807) is 22.6 Å². The molecule has 1 aliphatic rings. The minimum atomic E-state index is -1.18. The van der Waals surface area contributed by atoms with Gasteiger partial charge in [-0.05, 0) is 11.6 Å². The second-order valence-corrected chi connectivity index (χ2v) is 4.26. The molecule has 0 saturated heterocycles. The molecule has 0 amide bonds. The van der Waals surface area contributed by atoms with Gasteiger partial charge in [-0.3, -0.25) is 9.79 Å². The highest BCUT2D eigenvalue weighted by molar-refractivity contribution is 14.1. The zero-order valence-corrected chi connectivity index (χ0v) is 8.29. The first-order chi connectivity index (χ1) is 5.61. The van der Waals surface area contributed by atoms with Crippen LogP contribution in [0.2, 0.25) is 0 Å². The number of hydrogen-bond acceptors (Lipinski definition) is 2. The third-order valence-corrected chi connectivity index (χ3v) is 3.18. The minimum Gasteiger partial charge on any atom is -0.480 e. The van der Waals surface area contributed by atoms with Crippen molar-refractivity contribution in [3.63, 3.8) is 0 Å². The van der Waals surface area contributed by atoms with Crippen LogP contribution in [0.4, 0.5) is 4.39 Å². The van der Waals surface area contributed by atoms with E-state index in [4.69, 9.17) is 5.11 Å². The van der Waals surface area contributed by atoms with Gasteiger partial charge in [0.15, 0.2) is 3.42 Å².